The van der Waals surface area contributed by atoms with Crippen LogP contribution in [0.25, 0.3) is 0 Å². The maximum Gasteiger partial charge on any atom is 0.158 e. The highest BCUT2D eigenvalue weighted by atomic mass is 35.5. The average Bonchev–Trinajstić information content (AvgIpc) is 2.67. The van der Waals surface area contributed by atoms with Crippen molar-refractivity contribution in [1.82, 2.24) is 15.0 Å². The topological polar surface area (TPSA) is 120 Å². The fourth-order valence-corrected chi connectivity index (χ4v) is 4.55. The largest absolute Gasteiger partial charge is 0.382 e. The minimum Gasteiger partial charge on any atom is -0.382 e. The van der Waals surface area contributed by atoms with E-state index in [0.717, 1.165) is 49.6 Å². The number of hydrogen-bond acceptors (Lipinski definition) is 8. The molecule has 7 nitrogen and oxygen atoms in total. The van der Waals surface area contributed by atoms with Crippen molar-refractivity contribution >= 4 is 40.8 Å². The highest BCUT2D eigenvalue weighted by Crippen LogP contribution is 2.38. The predicted octanol–water partition coefficient (Wildman–Crippen LogP) is 3.19. The van der Waals surface area contributed by atoms with Crippen molar-refractivity contribution in [2.75, 3.05) is 36.0 Å². The normalized spacial score (nSPS) is 16.5. The summed E-state index contributed by atoms with van der Waals surface area (Å²) in [6.07, 6.45) is 7.86. The Balaban J connectivity index is 1.71. The lowest BCUT2D eigenvalue weighted by Gasteiger charge is -2.41. The molecule has 1 aliphatic heterocycles. The van der Waals surface area contributed by atoms with Crippen LogP contribution >= 0.6 is 23.4 Å². The minimum absolute atomic E-state index is 0.262. The summed E-state index contributed by atoms with van der Waals surface area (Å²) in [5.41, 5.74) is 18.2. The molecule has 3 rings (SSSR count). The van der Waals surface area contributed by atoms with Crippen LogP contribution in [-0.4, -0.2) is 34.6 Å². The predicted molar refractivity (Wildman–Crippen MR) is 112 cm³/mol. The van der Waals surface area contributed by atoms with Gasteiger partial charge in [-0.2, -0.15) is 0 Å². The lowest BCUT2D eigenvalue weighted by atomic mass is 9.75. The van der Waals surface area contributed by atoms with E-state index in [1.165, 1.54) is 18.2 Å². The zero-order valence-corrected chi connectivity index (χ0v) is 17.1. The van der Waals surface area contributed by atoms with Crippen LogP contribution in [0.4, 0.5) is 17.5 Å². The van der Waals surface area contributed by atoms with Crippen molar-refractivity contribution in [2.45, 2.75) is 42.5 Å². The molecule has 0 radical (unpaired) electrons. The smallest absolute Gasteiger partial charge is 0.158 e. The quantitative estimate of drug-likeness (QED) is 0.667. The summed E-state index contributed by atoms with van der Waals surface area (Å²) < 4.78 is 0. The van der Waals surface area contributed by atoms with Crippen molar-refractivity contribution in [3.05, 3.63) is 23.5 Å². The minimum atomic E-state index is 0.262. The van der Waals surface area contributed by atoms with Gasteiger partial charge in [-0.05, 0) is 37.3 Å². The molecule has 6 N–H and O–H groups in total. The zero-order valence-electron chi connectivity index (χ0n) is 15.5. The van der Waals surface area contributed by atoms with Gasteiger partial charge in [-0.3, -0.25) is 0 Å². The molecule has 0 atom stereocenters. The monoisotopic (exact) mass is 407 g/mol. The molecular formula is C18H26ClN7S. The van der Waals surface area contributed by atoms with Crippen LogP contribution in [0.3, 0.4) is 0 Å². The molecule has 0 bridgehead atoms. The Bertz CT molecular complexity index is 793. The van der Waals surface area contributed by atoms with Crippen molar-refractivity contribution in [3.8, 4) is 0 Å². The van der Waals surface area contributed by atoms with Gasteiger partial charge in [0.2, 0.25) is 0 Å². The summed E-state index contributed by atoms with van der Waals surface area (Å²) in [6, 6.07) is 1.78. The molecule has 1 saturated heterocycles. The third kappa shape index (κ3) is 4.39. The lowest BCUT2D eigenvalue weighted by molar-refractivity contribution is 0.207. The van der Waals surface area contributed by atoms with E-state index in [1.807, 2.05) is 0 Å². The van der Waals surface area contributed by atoms with E-state index in [0.29, 0.717) is 15.9 Å². The maximum atomic E-state index is 6.20. The molecule has 1 aliphatic rings. The summed E-state index contributed by atoms with van der Waals surface area (Å²) in [5, 5.41) is 1.00. The highest BCUT2D eigenvalue weighted by Gasteiger charge is 2.33. The number of hydrogen-bond donors (Lipinski definition) is 3. The molecule has 0 amide bonds. The molecule has 27 heavy (non-hydrogen) atoms. The van der Waals surface area contributed by atoms with Crippen LogP contribution in [0, 0.1) is 5.41 Å². The van der Waals surface area contributed by atoms with Crippen LogP contribution in [0.1, 0.15) is 32.6 Å². The molecule has 146 valence electrons. The summed E-state index contributed by atoms with van der Waals surface area (Å²) in [4.78, 5) is 16.0. The van der Waals surface area contributed by atoms with Gasteiger partial charge in [-0.15, -0.1) is 0 Å². The first-order valence-electron chi connectivity index (χ1n) is 9.13. The Kier molecular flexibility index (Phi) is 6.29. The molecule has 2 aromatic heterocycles. The molecule has 1 fully saturated rings. The van der Waals surface area contributed by atoms with Gasteiger partial charge in [0, 0.05) is 24.2 Å². The van der Waals surface area contributed by atoms with Crippen molar-refractivity contribution in [1.29, 1.82) is 0 Å². The Hall–Kier alpha value is -1.77. The molecule has 3 heterocycles. The van der Waals surface area contributed by atoms with E-state index in [4.69, 9.17) is 28.8 Å². The summed E-state index contributed by atoms with van der Waals surface area (Å²) in [5.74, 6) is 1.47. The van der Waals surface area contributed by atoms with Crippen LogP contribution in [0.5, 0.6) is 0 Å². The third-order valence-corrected chi connectivity index (χ3v) is 6.78. The first kappa shape index (κ1) is 20.0. The lowest BCUT2D eigenvalue weighted by Crippen LogP contribution is -2.44. The fraction of sp³-hybridized carbons (Fsp3) is 0.500. The van der Waals surface area contributed by atoms with Gasteiger partial charge < -0.3 is 22.1 Å². The van der Waals surface area contributed by atoms with E-state index in [-0.39, 0.29) is 11.2 Å². The molecule has 0 aliphatic carbocycles. The fourth-order valence-electron chi connectivity index (χ4n) is 3.53. The SMILES string of the molecule is CCCC1(CN)CCN(c2cnc(Sc3ccnc(N)c3Cl)c(N)n2)CC1. The molecule has 0 unspecified atom stereocenters. The Morgan fingerprint density at radius 2 is 1.96 bits per heavy atom. The molecule has 0 aromatic carbocycles. The van der Waals surface area contributed by atoms with Gasteiger partial charge in [-0.1, -0.05) is 36.7 Å². The molecule has 0 spiro atoms. The van der Waals surface area contributed by atoms with Crippen molar-refractivity contribution in [3.63, 3.8) is 0 Å². The number of halogens is 1. The molecule has 2 aromatic rings. The van der Waals surface area contributed by atoms with Crippen LogP contribution in [-0.2, 0) is 0 Å². The van der Waals surface area contributed by atoms with Gasteiger partial charge in [0.05, 0.1) is 11.2 Å². The highest BCUT2D eigenvalue weighted by molar-refractivity contribution is 7.99. The summed E-state index contributed by atoms with van der Waals surface area (Å²) >= 11 is 7.53. The van der Waals surface area contributed by atoms with Gasteiger partial charge in [-0.25, -0.2) is 15.0 Å². The van der Waals surface area contributed by atoms with Gasteiger partial charge >= 0.3 is 0 Å². The first-order valence-corrected chi connectivity index (χ1v) is 10.3. The van der Waals surface area contributed by atoms with Gasteiger partial charge in [0.25, 0.3) is 0 Å². The maximum absolute atomic E-state index is 6.20. The summed E-state index contributed by atoms with van der Waals surface area (Å²) in [7, 11) is 0. The number of pyridine rings is 1. The molecule has 0 saturated carbocycles. The van der Waals surface area contributed by atoms with Crippen molar-refractivity contribution < 1.29 is 0 Å². The van der Waals surface area contributed by atoms with E-state index in [9.17, 15) is 0 Å². The van der Waals surface area contributed by atoms with E-state index in [1.54, 1.807) is 18.5 Å². The Morgan fingerprint density at radius 1 is 1.22 bits per heavy atom. The number of nitrogen functional groups attached to an aromatic ring is 2. The van der Waals surface area contributed by atoms with E-state index in [2.05, 4.69) is 26.8 Å². The standard InChI is InChI=1S/C18H26ClN7S/c1-2-4-18(11-20)5-8-26(9-6-18)13-10-24-17(16(22)25-13)27-12-3-7-23-15(21)14(12)19/h3,7,10H,2,4-6,8-9,11,20H2,1H3,(H2,21,23)(H2,22,25). The zero-order chi connectivity index (χ0) is 19.4. The number of nitrogens with zero attached hydrogens (tertiary/aromatic N) is 4. The number of anilines is 3. The second-order valence-electron chi connectivity index (χ2n) is 6.97. The molecule has 9 heteroatoms. The number of aromatic nitrogens is 3. The van der Waals surface area contributed by atoms with Gasteiger partial charge in [0.15, 0.2) is 5.82 Å². The van der Waals surface area contributed by atoms with Crippen LogP contribution < -0.4 is 22.1 Å². The number of rotatable bonds is 6. The average molecular weight is 408 g/mol. The van der Waals surface area contributed by atoms with Crippen molar-refractivity contribution in [2.24, 2.45) is 11.1 Å². The Morgan fingerprint density at radius 3 is 2.59 bits per heavy atom. The van der Waals surface area contributed by atoms with E-state index < -0.39 is 0 Å². The van der Waals surface area contributed by atoms with Crippen LogP contribution in [0.15, 0.2) is 28.4 Å². The molecular weight excluding hydrogens is 382 g/mol. The second-order valence-corrected chi connectivity index (χ2v) is 8.38. The van der Waals surface area contributed by atoms with Gasteiger partial charge in [0.1, 0.15) is 16.7 Å². The third-order valence-electron chi connectivity index (χ3n) is 5.20. The first-order chi connectivity index (χ1) is 13.0. The van der Waals surface area contributed by atoms with Crippen LogP contribution in [0.2, 0.25) is 5.02 Å². The number of nitrogens with two attached hydrogens (primary N) is 3. The second kappa shape index (κ2) is 8.50. The summed E-state index contributed by atoms with van der Waals surface area (Å²) in [6.45, 7) is 4.80. The number of piperidine rings is 1. The van der Waals surface area contributed by atoms with E-state index >= 15 is 0 Å². The Labute approximate surface area is 169 Å².